The van der Waals surface area contributed by atoms with E-state index in [1.807, 2.05) is 72.1 Å². The highest BCUT2D eigenvalue weighted by Gasteiger charge is 2.34. The molecule has 0 bridgehead atoms. The van der Waals surface area contributed by atoms with Gasteiger partial charge in [-0.1, -0.05) is 60.7 Å². The van der Waals surface area contributed by atoms with E-state index in [1.54, 1.807) is 6.08 Å². The van der Waals surface area contributed by atoms with Gasteiger partial charge in [0.05, 0.1) is 9.78 Å². The number of carbonyl (C=O) groups is 3. The smallest absolute Gasteiger partial charge is 0.293 e. The van der Waals surface area contributed by atoms with Crippen molar-refractivity contribution in [1.82, 2.24) is 10.2 Å². The Hall–Kier alpha value is -3.16. The van der Waals surface area contributed by atoms with Gasteiger partial charge in [-0.05, 0) is 40.4 Å². The third kappa shape index (κ3) is 4.37. The molecule has 30 heavy (non-hydrogen) atoms. The van der Waals surface area contributed by atoms with Crippen LogP contribution in [0.15, 0.2) is 77.0 Å². The molecule has 0 aliphatic carbocycles. The second-order valence-electron chi connectivity index (χ2n) is 6.53. The Labute approximate surface area is 182 Å². The maximum absolute atomic E-state index is 12.6. The van der Waals surface area contributed by atoms with Crippen LogP contribution in [0.1, 0.15) is 15.2 Å². The van der Waals surface area contributed by atoms with Crippen molar-refractivity contribution in [1.29, 1.82) is 0 Å². The zero-order valence-corrected chi connectivity index (χ0v) is 17.5. The van der Waals surface area contributed by atoms with Crippen LogP contribution < -0.4 is 5.32 Å². The van der Waals surface area contributed by atoms with Crippen molar-refractivity contribution < 1.29 is 14.4 Å². The fourth-order valence-electron chi connectivity index (χ4n) is 3.09. The number of rotatable bonds is 6. The highest BCUT2D eigenvalue weighted by Crippen LogP contribution is 2.32. The van der Waals surface area contributed by atoms with Crippen LogP contribution >= 0.6 is 23.1 Å². The van der Waals surface area contributed by atoms with E-state index in [4.69, 9.17) is 0 Å². The third-order valence-corrected chi connectivity index (χ3v) is 6.37. The number of thiophene rings is 1. The van der Waals surface area contributed by atoms with Gasteiger partial charge in [0.25, 0.3) is 17.1 Å². The number of carbonyl (C=O) groups excluding carboxylic acids is 3. The van der Waals surface area contributed by atoms with E-state index in [0.29, 0.717) is 9.78 Å². The number of benzene rings is 2. The van der Waals surface area contributed by atoms with Crippen LogP contribution in [0.4, 0.5) is 4.79 Å². The zero-order chi connectivity index (χ0) is 20.9. The molecule has 1 aromatic heterocycles. The normalized spacial score (nSPS) is 15.1. The molecule has 0 unspecified atom stereocenters. The first-order valence-corrected chi connectivity index (χ1v) is 11.0. The number of thioether (sulfide) groups is 1. The lowest BCUT2D eigenvalue weighted by atomic mass is 10.1. The molecular formula is C23H18N2O3S2. The highest BCUT2D eigenvalue weighted by molar-refractivity contribution is 8.18. The first kappa shape index (κ1) is 20.1. The van der Waals surface area contributed by atoms with Crippen molar-refractivity contribution >= 4 is 46.2 Å². The van der Waals surface area contributed by atoms with Gasteiger partial charge in [0.15, 0.2) is 0 Å². The van der Waals surface area contributed by atoms with Crippen molar-refractivity contribution in [3.63, 3.8) is 0 Å². The van der Waals surface area contributed by atoms with Crippen LogP contribution in [-0.2, 0) is 4.79 Å². The van der Waals surface area contributed by atoms with Crippen molar-refractivity contribution in [2.45, 2.75) is 0 Å². The monoisotopic (exact) mass is 434 g/mol. The molecule has 0 atom stereocenters. The minimum absolute atomic E-state index is 0.134. The van der Waals surface area contributed by atoms with Gasteiger partial charge < -0.3 is 5.32 Å². The van der Waals surface area contributed by atoms with Gasteiger partial charge >= 0.3 is 0 Å². The van der Waals surface area contributed by atoms with Crippen LogP contribution in [0.5, 0.6) is 0 Å². The number of nitrogens with one attached hydrogen (secondary N) is 1. The number of amides is 3. The summed E-state index contributed by atoms with van der Waals surface area (Å²) in [5, 5.41) is 4.38. The van der Waals surface area contributed by atoms with Crippen molar-refractivity contribution in [2.75, 3.05) is 13.1 Å². The summed E-state index contributed by atoms with van der Waals surface area (Å²) >= 11 is 2.29. The molecule has 4 rings (SSSR count). The molecule has 2 aromatic carbocycles. The van der Waals surface area contributed by atoms with Crippen LogP contribution in [-0.4, -0.2) is 35.0 Å². The highest BCUT2D eigenvalue weighted by atomic mass is 32.2. The summed E-state index contributed by atoms with van der Waals surface area (Å²) in [7, 11) is 0. The molecule has 0 spiro atoms. The molecule has 2 heterocycles. The number of hydrogen-bond acceptors (Lipinski definition) is 5. The quantitative estimate of drug-likeness (QED) is 0.562. The van der Waals surface area contributed by atoms with Crippen LogP contribution in [0.3, 0.4) is 0 Å². The maximum atomic E-state index is 12.6. The predicted molar refractivity (Wildman–Crippen MR) is 121 cm³/mol. The van der Waals surface area contributed by atoms with E-state index < -0.39 is 0 Å². The SMILES string of the molecule is O=C(NCCN1C(=O)S/C(=C/c2ccccc2)C1=O)c1sccc1-c1ccccc1. The zero-order valence-electron chi connectivity index (χ0n) is 15.9. The lowest BCUT2D eigenvalue weighted by molar-refractivity contribution is -0.122. The summed E-state index contributed by atoms with van der Waals surface area (Å²) in [6.07, 6.45) is 1.71. The average Bonchev–Trinajstić information content (AvgIpc) is 3.36. The first-order chi connectivity index (χ1) is 14.6. The summed E-state index contributed by atoms with van der Waals surface area (Å²) < 4.78 is 0. The van der Waals surface area contributed by atoms with E-state index in [1.165, 1.54) is 16.2 Å². The Kier molecular flexibility index (Phi) is 6.11. The molecule has 1 N–H and O–H groups in total. The number of hydrogen-bond donors (Lipinski definition) is 1. The van der Waals surface area contributed by atoms with Gasteiger partial charge in [-0.25, -0.2) is 0 Å². The third-order valence-electron chi connectivity index (χ3n) is 4.55. The summed E-state index contributed by atoms with van der Waals surface area (Å²) in [6, 6.07) is 21.0. The minimum atomic E-state index is -0.329. The fraction of sp³-hybridized carbons (Fsp3) is 0.0870. The number of nitrogens with zero attached hydrogens (tertiary/aromatic N) is 1. The van der Waals surface area contributed by atoms with E-state index >= 15 is 0 Å². The molecule has 150 valence electrons. The molecule has 3 amide bonds. The molecular weight excluding hydrogens is 416 g/mol. The van der Waals surface area contributed by atoms with Gasteiger partial charge in [-0.15, -0.1) is 11.3 Å². The van der Waals surface area contributed by atoms with E-state index in [0.717, 1.165) is 28.5 Å². The summed E-state index contributed by atoms with van der Waals surface area (Å²) in [6.45, 7) is 0.330. The average molecular weight is 435 g/mol. The molecule has 5 nitrogen and oxygen atoms in total. The Morgan fingerprint density at radius 2 is 1.67 bits per heavy atom. The van der Waals surface area contributed by atoms with E-state index in [9.17, 15) is 14.4 Å². The second kappa shape index (κ2) is 9.11. The molecule has 3 aromatic rings. The van der Waals surface area contributed by atoms with Crippen LogP contribution in [0.25, 0.3) is 17.2 Å². The maximum Gasteiger partial charge on any atom is 0.293 e. The molecule has 7 heteroatoms. The molecule has 1 fully saturated rings. The van der Waals surface area contributed by atoms with E-state index in [-0.39, 0.29) is 30.1 Å². The van der Waals surface area contributed by atoms with Crippen molar-refractivity contribution in [3.8, 4) is 11.1 Å². The molecule has 0 radical (unpaired) electrons. The Morgan fingerprint density at radius 1 is 0.967 bits per heavy atom. The summed E-state index contributed by atoms with van der Waals surface area (Å²) in [4.78, 5) is 39.6. The lowest BCUT2D eigenvalue weighted by Crippen LogP contribution is -2.37. The second-order valence-corrected chi connectivity index (χ2v) is 8.44. The fourth-order valence-corrected chi connectivity index (χ4v) is 4.78. The van der Waals surface area contributed by atoms with Gasteiger partial charge in [0.2, 0.25) is 0 Å². The predicted octanol–water partition coefficient (Wildman–Crippen LogP) is 4.88. The molecule has 0 saturated carbocycles. The minimum Gasteiger partial charge on any atom is -0.350 e. The Balaban J connectivity index is 1.38. The van der Waals surface area contributed by atoms with Crippen LogP contribution in [0.2, 0.25) is 0 Å². The first-order valence-electron chi connectivity index (χ1n) is 9.35. The number of imide groups is 1. The largest absolute Gasteiger partial charge is 0.350 e. The topological polar surface area (TPSA) is 66.5 Å². The Bertz CT molecular complexity index is 1110. The standard InChI is InChI=1S/C23H18N2O3S2/c26-21(20-18(11-14-29-20)17-9-5-2-6-10-17)24-12-13-25-22(27)19(30-23(25)28)15-16-7-3-1-4-8-16/h1-11,14-15H,12-13H2,(H,24,26)/b19-15+. The van der Waals surface area contributed by atoms with Gasteiger partial charge in [-0.3, -0.25) is 19.3 Å². The molecule has 1 aliphatic rings. The van der Waals surface area contributed by atoms with Crippen LogP contribution in [0, 0.1) is 0 Å². The summed E-state index contributed by atoms with van der Waals surface area (Å²) in [5.74, 6) is -0.542. The van der Waals surface area contributed by atoms with Crippen molar-refractivity contribution in [2.24, 2.45) is 0 Å². The van der Waals surface area contributed by atoms with E-state index in [2.05, 4.69) is 5.32 Å². The molecule has 1 aliphatic heterocycles. The summed E-state index contributed by atoms with van der Waals surface area (Å²) in [5.41, 5.74) is 2.71. The van der Waals surface area contributed by atoms with Gasteiger partial charge in [-0.2, -0.15) is 0 Å². The van der Waals surface area contributed by atoms with Crippen molar-refractivity contribution in [3.05, 3.63) is 87.5 Å². The lowest BCUT2D eigenvalue weighted by Gasteiger charge is -2.13. The van der Waals surface area contributed by atoms with Gasteiger partial charge in [0, 0.05) is 18.7 Å². The molecule has 1 saturated heterocycles. The van der Waals surface area contributed by atoms with Gasteiger partial charge in [0.1, 0.15) is 0 Å². The Morgan fingerprint density at radius 3 is 2.40 bits per heavy atom.